The normalized spacial score (nSPS) is 12.9. The van der Waals surface area contributed by atoms with Gasteiger partial charge >= 0.3 is 12.1 Å². The zero-order valence-electron chi connectivity index (χ0n) is 13.7. The van der Waals surface area contributed by atoms with E-state index in [0.717, 1.165) is 16.3 Å². The Balaban J connectivity index is 2.55. The molecule has 0 aliphatic heterocycles. The number of carboxylic acid groups (broad SMARTS) is 2. The van der Waals surface area contributed by atoms with Crippen molar-refractivity contribution in [3.05, 3.63) is 47.8 Å². The molecule has 122 valence electrons. The maximum absolute atomic E-state index is 11.4. The van der Waals surface area contributed by atoms with Crippen molar-refractivity contribution in [1.82, 2.24) is 4.57 Å². The first-order valence-corrected chi connectivity index (χ1v) is 7.40. The molecule has 0 aliphatic rings. The molecule has 0 spiro atoms. The highest BCUT2D eigenvalue weighted by Crippen LogP contribution is 2.36. The van der Waals surface area contributed by atoms with Crippen LogP contribution in [0.4, 0.5) is 4.79 Å². The number of aromatic nitrogens is 1. The van der Waals surface area contributed by atoms with Gasteiger partial charge in [-0.05, 0) is 22.5 Å². The van der Waals surface area contributed by atoms with Crippen LogP contribution in [0.25, 0.3) is 11.1 Å². The Hall–Kier alpha value is -2.56. The van der Waals surface area contributed by atoms with Gasteiger partial charge in [-0.1, -0.05) is 52.0 Å². The van der Waals surface area contributed by atoms with E-state index < -0.39 is 12.1 Å². The van der Waals surface area contributed by atoms with E-state index in [1.165, 1.54) is 6.20 Å². The average Bonchev–Trinajstić information content (AvgIpc) is 2.91. The number of carboxylic acids is 1. The van der Waals surface area contributed by atoms with Gasteiger partial charge in [-0.15, -0.1) is 0 Å². The van der Waals surface area contributed by atoms with Crippen molar-refractivity contribution in [2.24, 2.45) is 5.41 Å². The molecule has 5 heteroatoms. The van der Waals surface area contributed by atoms with Crippen molar-refractivity contribution in [3.8, 4) is 11.1 Å². The SMILES string of the molecule is CC(c1cccc(-c2cn(C(=O)O)cc2C(=O)O)c1)C(C)(C)C. The summed E-state index contributed by atoms with van der Waals surface area (Å²) in [7, 11) is 0. The molecule has 0 radical (unpaired) electrons. The van der Waals surface area contributed by atoms with Crippen LogP contribution in [0.3, 0.4) is 0 Å². The fraction of sp³-hybridized carbons (Fsp3) is 0.333. The Bertz CT molecular complexity index is 753. The maximum atomic E-state index is 11.4. The Morgan fingerprint density at radius 2 is 1.78 bits per heavy atom. The molecule has 1 aromatic carbocycles. The monoisotopic (exact) mass is 315 g/mol. The van der Waals surface area contributed by atoms with Crippen LogP contribution < -0.4 is 0 Å². The maximum Gasteiger partial charge on any atom is 0.415 e. The molecular formula is C18H21NO4. The highest BCUT2D eigenvalue weighted by atomic mass is 16.4. The smallest absolute Gasteiger partial charge is 0.415 e. The van der Waals surface area contributed by atoms with Crippen LogP contribution in [0.15, 0.2) is 36.7 Å². The van der Waals surface area contributed by atoms with Gasteiger partial charge in [-0.3, -0.25) is 4.57 Å². The molecule has 0 fully saturated rings. The van der Waals surface area contributed by atoms with Gasteiger partial charge in [0.05, 0.1) is 5.56 Å². The van der Waals surface area contributed by atoms with Crippen LogP contribution in [0.2, 0.25) is 0 Å². The minimum atomic E-state index is -1.21. The summed E-state index contributed by atoms with van der Waals surface area (Å²) in [5.41, 5.74) is 2.25. The highest BCUT2D eigenvalue weighted by Gasteiger charge is 2.23. The molecule has 1 unspecified atom stereocenters. The van der Waals surface area contributed by atoms with Gasteiger partial charge in [-0.25, -0.2) is 9.59 Å². The van der Waals surface area contributed by atoms with Gasteiger partial charge in [-0.2, -0.15) is 0 Å². The molecule has 2 N–H and O–H groups in total. The number of nitrogens with zero attached hydrogens (tertiary/aromatic N) is 1. The van der Waals surface area contributed by atoms with Crippen LogP contribution in [-0.4, -0.2) is 26.8 Å². The van der Waals surface area contributed by atoms with Gasteiger partial charge in [0, 0.05) is 18.0 Å². The molecule has 0 bridgehead atoms. The lowest BCUT2D eigenvalue weighted by atomic mass is 9.77. The van der Waals surface area contributed by atoms with E-state index in [4.69, 9.17) is 5.11 Å². The fourth-order valence-corrected chi connectivity index (χ4v) is 2.44. The molecule has 1 atom stereocenters. The molecule has 1 heterocycles. The molecule has 2 aromatic rings. The van der Waals surface area contributed by atoms with Crippen LogP contribution in [0.1, 0.15) is 49.5 Å². The average molecular weight is 315 g/mol. The van der Waals surface area contributed by atoms with Crippen molar-refractivity contribution < 1.29 is 19.8 Å². The molecule has 0 amide bonds. The van der Waals surface area contributed by atoms with Gasteiger partial charge in [0.2, 0.25) is 0 Å². The Labute approximate surface area is 135 Å². The first-order chi connectivity index (χ1) is 10.6. The second-order valence-electron chi connectivity index (χ2n) is 6.79. The molecule has 2 rings (SSSR count). The number of benzene rings is 1. The molecular weight excluding hydrogens is 294 g/mol. The Kier molecular flexibility index (Phi) is 4.32. The van der Waals surface area contributed by atoms with Crippen molar-refractivity contribution in [2.45, 2.75) is 33.6 Å². The van der Waals surface area contributed by atoms with E-state index >= 15 is 0 Å². The highest BCUT2D eigenvalue weighted by molar-refractivity contribution is 5.97. The summed E-state index contributed by atoms with van der Waals surface area (Å²) >= 11 is 0. The first kappa shape index (κ1) is 16.8. The molecule has 23 heavy (non-hydrogen) atoms. The lowest BCUT2D eigenvalue weighted by Gasteiger charge is -2.28. The third-order valence-electron chi connectivity index (χ3n) is 4.27. The minimum absolute atomic E-state index is 0.0204. The number of aromatic carboxylic acids is 1. The number of rotatable bonds is 3. The lowest BCUT2D eigenvalue weighted by Crippen LogP contribution is -2.15. The van der Waals surface area contributed by atoms with Crippen molar-refractivity contribution in [2.75, 3.05) is 0 Å². The van der Waals surface area contributed by atoms with E-state index in [0.29, 0.717) is 11.1 Å². The number of hydrogen-bond acceptors (Lipinski definition) is 2. The summed E-state index contributed by atoms with van der Waals surface area (Å²) in [6.45, 7) is 8.56. The lowest BCUT2D eigenvalue weighted by molar-refractivity contribution is 0.0698. The second-order valence-corrected chi connectivity index (χ2v) is 6.79. The predicted molar refractivity (Wildman–Crippen MR) is 88.1 cm³/mol. The van der Waals surface area contributed by atoms with Crippen LogP contribution in [-0.2, 0) is 0 Å². The first-order valence-electron chi connectivity index (χ1n) is 7.40. The Morgan fingerprint density at radius 1 is 1.13 bits per heavy atom. The van der Waals surface area contributed by atoms with E-state index in [1.807, 2.05) is 18.2 Å². The largest absolute Gasteiger partial charge is 0.478 e. The summed E-state index contributed by atoms with van der Waals surface area (Å²) in [5, 5.41) is 18.4. The van der Waals surface area contributed by atoms with E-state index in [9.17, 15) is 14.7 Å². The number of hydrogen-bond donors (Lipinski definition) is 2. The van der Waals surface area contributed by atoms with Gasteiger partial charge < -0.3 is 10.2 Å². The summed E-state index contributed by atoms with van der Waals surface area (Å²) < 4.78 is 0.874. The quantitative estimate of drug-likeness (QED) is 0.872. The zero-order chi connectivity index (χ0) is 17.4. The molecule has 1 aromatic heterocycles. The second kappa shape index (κ2) is 5.91. The summed E-state index contributed by atoms with van der Waals surface area (Å²) in [5.74, 6) is -0.869. The summed E-state index contributed by atoms with van der Waals surface area (Å²) in [6, 6.07) is 7.61. The van der Waals surface area contributed by atoms with E-state index in [2.05, 4.69) is 27.7 Å². The van der Waals surface area contributed by atoms with Gasteiger partial charge in [0.25, 0.3) is 0 Å². The summed E-state index contributed by atoms with van der Waals surface area (Å²) in [4.78, 5) is 22.5. The Morgan fingerprint density at radius 3 is 2.30 bits per heavy atom. The summed E-state index contributed by atoms with van der Waals surface area (Å²) in [6.07, 6.45) is 1.25. The molecule has 5 nitrogen and oxygen atoms in total. The van der Waals surface area contributed by atoms with Crippen molar-refractivity contribution >= 4 is 12.1 Å². The van der Waals surface area contributed by atoms with Crippen LogP contribution in [0.5, 0.6) is 0 Å². The molecule has 0 saturated heterocycles. The number of carbonyl (C=O) groups is 2. The zero-order valence-corrected chi connectivity index (χ0v) is 13.7. The minimum Gasteiger partial charge on any atom is -0.478 e. The molecule has 0 aliphatic carbocycles. The third-order valence-corrected chi connectivity index (χ3v) is 4.27. The van der Waals surface area contributed by atoms with Crippen molar-refractivity contribution in [3.63, 3.8) is 0 Å². The van der Waals surface area contributed by atoms with Gasteiger partial charge in [0.15, 0.2) is 0 Å². The fourth-order valence-electron chi connectivity index (χ4n) is 2.44. The van der Waals surface area contributed by atoms with E-state index in [-0.39, 0.29) is 16.9 Å². The van der Waals surface area contributed by atoms with Crippen molar-refractivity contribution in [1.29, 1.82) is 0 Å². The topological polar surface area (TPSA) is 79.5 Å². The van der Waals surface area contributed by atoms with Crippen LogP contribution >= 0.6 is 0 Å². The van der Waals surface area contributed by atoms with Gasteiger partial charge in [0.1, 0.15) is 0 Å². The predicted octanol–water partition coefficient (Wildman–Crippen LogP) is 4.53. The van der Waals surface area contributed by atoms with E-state index in [1.54, 1.807) is 6.07 Å². The third kappa shape index (κ3) is 3.44. The standard InChI is InChI=1S/C18H21NO4/c1-11(18(2,3)4)12-6-5-7-13(8-12)14-9-19(17(22)23)10-15(14)16(20)21/h5-11H,1-4H3,(H,20,21)(H,22,23). The molecule has 0 saturated carbocycles. The van der Waals surface area contributed by atoms with Crippen LogP contribution in [0, 0.1) is 5.41 Å².